The second-order valence-corrected chi connectivity index (χ2v) is 9.31. The van der Waals surface area contributed by atoms with E-state index < -0.39 is 40.8 Å². The van der Waals surface area contributed by atoms with E-state index in [0.717, 1.165) is 0 Å². The standard InChI is InChI=1S/C25H32N2O7/c1-23(2,3)34-22(33)27-24(4,5)25(6,21(31)32)26-20(30)18-14-12-17(13-15-18)10-8-7-9-11-19(29)16-28/h12-15,19,28-29H,11,16H2,1-6H3,(H,26,30)(H,27,33)(H,31,32)/t19-,25-/m1/s1. The summed E-state index contributed by atoms with van der Waals surface area (Å²) in [5.74, 6) is 8.57. The van der Waals surface area contributed by atoms with Crippen molar-refractivity contribution < 1.29 is 34.4 Å². The van der Waals surface area contributed by atoms with Crippen LogP contribution >= 0.6 is 0 Å². The van der Waals surface area contributed by atoms with Crippen LogP contribution in [0.25, 0.3) is 0 Å². The van der Waals surface area contributed by atoms with Gasteiger partial charge in [-0.1, -0.05) is 11.8 Å². The average molecular weight is 473 g/mol. The molecular weight excluding hydrogens is 440 g/mol. The number of carboxylic acids is 1. The van der Waals surface area contributed by atoms with Crippen LogP contribution in [-0.2, 0) is 9.53 Å². The molecule has 184 valence electrons. The van der Waals surface area contributed by atoms with Gasteiger partial charge in [0.2, 0.25) is 0 Å². The SMILES string of the molecule is CC(C)(C)OC(=O)NC(C)(C)[C@](C)(NC(=O)c1ccc(C#CC#CC[C@@H](O)CO)cc1)C(=O)O. The van der Waals surface area contributed by atoms with Crippen molar-refractivity contribution in [1.82, 2.24) is 10.6 Å². The highest BCUT2D eigenvalue weighted by molar-refractivity contribution is 5.98. The molecule has 9 heteroatoms. The van der Waals surface area contributed by atoms with Gasteiger partial charge in [-0.15, -0.1) is 0 Å². The quantitative estimate of drug-likeness (QED) is 0.380. The van der Waals surface area contributed by atoms with Gasteiger partial charge >= 0.3 is 12.1 Å². The van der Waals surface area contributed by atoms with Crippen LogP contribution < -0.4 is 10.6 Å². The molecule has 0 spiro atoms. The van der Waals surface area contributed by atoms with E-state index in [-0.39, 0.29) is 18.6 Å². The smallest absolute Gasteiger partial charge is 0.408 e. The molecule has 0 fully saturated rings. The highest BCUT2D eigenvalue weighted by Crippen LogP contribution is 2.24. The first-order chi connectivity index (χ1) is 15.6. The largest absolute Gasteiger partial charge is 0.479 e. The van der Waals surface area contributed by atoms with Gasteiger partial charge in [0.15, 0.2) is 5.54 Å². The molecule has 0 aliphatic heterocycles. The number of nitrogens with one attached hydrogen (secondary N) is 2. The maximum absolute atomic E-state index is 12.8. The Kier molecular flexibility index (Phi) is 9.69. The van der Waals surface area contributed by atoms with Gasteiger partial charge in [-0.2, -0.15) is 0 Å². The number of rotatable bonds is 7. The molecule has 0 aliphatic rings. The summed E-state index contributed by atoms with van der Waals surface area (Å²) in [4.78, 5) is 37.2. The first-order valence-electron chi connectivity index (χ1n) is 10.6. The first kappa shape index (κ1) is 28.5. The lowest BCUT2D eigenvalue weighted by Crippen LogP contribution is -2.70. The summed E-state index contributed by atoms with van der Waals surface area (Å²) >= 11 is 0. The monoisotopic (exact) mass is 472 g/mol. The number of carbonyl (C=O) groups is 3. The zero-order valence-corrected chi connectivity index (χ0v) is 20.3. The van der Waals surface area contributed by atoms with Crippen LogP contribution in [0.4, 0.5) is 4.79 Å². The van der Waals surface area contributed by atoms with Crippen LogP contribution in [0.2, 0.25) is 0 Å². The van der Waals surface area contributed by atoms with Crippen LogP contribution in [0.3, 0.4) is 0 Å². The summed E-state index contributed by atoms with van der Waals surface area (Å²) in [6, 6.07) is 6.13. The van der Waals surface area contributed by atoms with Crippen molar-refractivity contribution >= 4 is 18.0 Å². The molecule has 1 aromatic rings. The number of aliphatic hydroxyl groups is 2. The Hall–Kier alpha value is -3.53. The summed E-state index contributed by atoms with van der Waals surface area (Å²) in [5, 5.41) is 32.8. The molecule has 0 radical (unpaired) electrons. The number of benzene rings is 1. The highest BCUT2D eigenvalue weighted by Gasteiger charge is 2.50. The van der Waals surface area contributed by atoms with E-state index in [1.54, 1.807) is 32.9 Å². The van der Waals surface area contributed by atoms with E-state index in [9.17, 15) is 24.6 Å². The van der Waals surface area contributed by atoms with Gasteiger partial charge in [-0.05, 0) is 77.6 Å². The highest BCUT2D eigenvalue weighted by atomic mass is 16.6. The lowest BCUT2D eigenvalue weighted by Gasteiger charge is -2.41. The Bertz CT molecular complexity index is 1020. The number of ether oxygens (including phenoxy) is 1. The fraction of sp³-hybridized carbons (Fsp3) is 0.480. The van der Waals surface area contributed by atoms with Crippen molar-refractivity contribution in [1.29, 1.82) is 0 Å². The van der Waals surface area contributed by atoms with Gasteiger partial charge in [0.05, 0.1) is 18.2 Å². The number of hydrogen-bond acceptors (Lipinski definition) is 6. The Morgan fingerprint density at radius 1 is 1.00 bits per heavy atom. The molecule has 0 aliphatic carbocycles. The maximum atomic E-state index is 12.8. The number of carboxylic acid groups (broad SMARTS) is 1. The van der Waals surface area contributed by atoms with Gasteiger partial charge < -0.3 is 30.7 Å². The zero-order chi connectivity index (χ0) is 26.2. The molecule has 0 heterocycles. The molecule has 9 nitrogen and oxygen atoms in total. The molecule has 0 saturated carbocycles. The van der Waals surface area contributed by atoms with Crippen LogP contribution in [-0.4, -0.2) is 62.7 Å². The Balaban J connectivity index is 2.97. The van der Waals surface area contributed by atoms with E-state index >= 15 is 0 Å². The fourth-order valence-corrected chi connectivity index (χ4v) is 2.55. The van der Waals surface area contributed by atoms with Gasteiger partial charge in [0, 0.05) is 17.5 Å². The van der Waals surface area contributed by atoms with Crippen molar-refractivity contribution in [2.45, 2.75) is 70.7 Å². The van der Waals surface area contributed by atoms with Crippen molar-refractivity contribution in [3.8, 4) is 23.7 Å². The third-order valence-corrected chi connectivity index (χ3v) is 4.91. The van der Waals surface area contributed by atoms with E-state index in [1.807, 2.05) is 0 Å². The van der Waals surface area contributed by atoms with Gasteiger partial charge in [-0.25, -0.2) is 9.59 Å². The molecule has 0 aromatic heterocycles. The Morgan fingerprint density at radius 2 is 1.59 bits per heavy atom. The van der Waals surface area contributed by atoms with Crippen molar-refractivity contribution in [2.24, 2.45) is 0 Å². The summed E-state index contributed by atoms with van der Waals surface area (Å²) in [7, 11) is 0. The first-order valence-corrected chi connectivity index (χ1v) is 10.6. The second-order valence-electron chi connectivity index (χ2n) is 9.31. The number of amides is 2. The minimum atomic E-state index is -1.87. The van der Waals surface area contributed by atoms with Crippen LogP contribution in [0.15, 0.2) is 24.3 Å². The molecular formula is C25H32N2O7. The lowest BCUT2D eigenvalue weighted by molar-refractivity contribution is -0.146. The third kappa shape index (κ3) is 8.43. The topological polar surface area (TPSA) is 145 Å². The number of carbonyl (C=O) groups excluding carboxylic acids is 2. The van der Waals surface area contributed by atoms with E-state index in [0.29, 0.717) is 5.56 Å². The lowest BCUT2D eigenvalue weighted by atomic mass is 9.80. The van der Waals surface area contributed by atoms with Crippen molar-refractivity contribution in [3.05, 3.63) is 35.4 Å². The Morgan fingerprint density at radius 3 is 2.09 bits per heavy atom. The summed E-state index contributed by atoms with van der Waals surface area (Å²) in [6.07, 6.45) is -1.62. The average Bonchev–Trinajstić information content (AvgIpc) is 2.71. The van der Waals surface area contributed by atoms with Crippen LogP contribution in [0, 0.1) is 23.7 Å². The molecule has 34 heavy (non-hydrogen) atoms. The third-order valence-electron chi connectivity index (χ3n) is 4.91. The van der Waals surface area contributed by atoms with E-state index in [2.05, 4.69) is 34.3 Å². The molecule has 0 unspecified atom stereocenters. The predicted molar refractivity (Wildman–Crippen MR) is 126 cm³/mol. The molecule has 2 atom stereocenters. The van der Waals surface area contributed by atoms with Gasteiger partial charge in [0.1, 0.15) is 5.60 Å². The summed E-state index contributed by atoms with van der Waals surface area (Å²) < 4.78 is 5.21. The summed E-state index contributed by atoms with van der Waals surface area (Å²) in [5.41, 5.74) is -3.29. The molecule has 0 bridgehead atoms. The van der Waals surface area contributed by atoms with Gasteiger partial charge in [-0.3, -0.25) is 4.79 Å². The van der Waals surface area contributed by atoms with Crippen molar-refractivity contribution in [2.75, 3.05) is 6.61 Å². The predicted octanol–water partition coefficient (Wildman–Crippen LogP) is 1.66. The molecule has 1 aromatic carbocycles. The summed E-state index contributed by atoms with van der Waals surface area (Å²) in [6.45, 7) is 8.92. The van der Waals surface area contributed by atoms with Crippen LogP contribution in [0.5, 0.6) is 0 Å². The van der Waals surface area contributed by atoms with Crippen LogP contribution in [0.1, 0.15) is 63.9 Å². The normalized spacial score (nSPS) is 13.6. The minimum Gasteiger partial charge on any atom is -0.479 e. The number of alkyl carbamates (subject to hydrolysis) is 1. The van der Waals surface area contributed by atoms with Gasteiger partial charge in [0.25, 0.3) is 5.91 Å². The number of aliphatic carboxylic acids is 1. The number of aliphatic hydroxyl groups excluding tert-OH is 2. The Labute approximate surface area is 199 Å². The number of hydrogen-bond donors (Lipinski definition) is 5. The maximum Gasteiger partial charge on any atom is 0.408 e. The minimum absolute atomic E-state index is 0.103. The molecule has 1 rings (SSSR count). The fourth-order valence-electron chi connectivity index (χ4n) is 2.55. The van der Waals surface area contributed by atoms with E-state index in [1.165, 1.54) is 32.9 Å². The zero-order valence-electron chi connectivity index (χ0n) is 20.3. The van der Waals surface area contributed by atoms with Crippen molar-refractivity contribution in [3.63, 3.8) is 0 Å². The van der Waals surface area contributed by atoms with E-state index in [4.69, 9.17) is 9.84 Å². The molecule has 2 amide bonds. The second kappa shape index (κ2) is 11.6. The molecule has 5 N–H and O–H groups in total. The molecule has 0 saturated heterocycles.